The first-order valence-electron chi connectivity index (χ1n) is 6.09. The number of carbonyl (C=O) groups excluding carboxylic acids is 1. The fourth-order valence-electron chi connectivity index (χ4n) is 1.54. The second-order valence-electron chi connectivity index (χ2n) is 4.08. The molecule has 8 heteroatoms. The zero-order valence-electron chi connectivity index (χ0n) is 11.5. The number of nitrogen functional groups attached to an aromatic ring is 1. The van der Waals surface area contributed by atoms with Crippen LogP contribution >= 0.6 is 0 Å². The average Bonchev–Trinajstić information content (AvgIpc) is 2.35. The van der Waals surface area contributed by atoms with Crippen molar-refractivity contribution in [1.82, 2.24) is 4.72 Å². The van der Waals surface area contributed by atoms with Crippen molar-refractivity contribution in [3.8, 4) is 0 Å². The summed E-state index contributed by atoms with van der Waals surface area (Å²) in [6, 6.07) is 4.96. The normalized spacial score (nSPS) is 11.1. The number of hydrogen-bond donors (Lipinski definition) is 3. The fourth-order valence-corrected chi connectivity index (χ4v) is 2.01. The molecule has 0 radical (unpaired) electrons. The number of rotatable bonds is 7. The van der Waals surface area contributed by atoms with E-state index in [1.807, 2.05) is 0 Å². The standard InChI is InChI=1S/C12H19N3O4S/c1-3-19-12(16)9-5-4-6-10(11(9)13)14-7-8-15-20(2,17)18/h4-6,14-15H,3,7-8,13H2,1-2H3. The molecule has 0 saturated carbocycles. The maximum absolute atomic E-state index is 11.7. The number of para-hydroxylation sites is 1. The van der Waals surface area contributed by atoms with Gasteiger partial charge in [-0.15, -0.1) is 0 Å². The number of nitrogens with two attached hydrogens (primary N) is 1. The first-order valence-corrected chi connectivity index (χ1v) is 7.98. The molecular weight excluding hydrogens is 282 g/mol. The smallest absolute Gasteiger partial charge is 0.340 e. The van der Waals surface area contributed by atoms with Gasteiger partial charge >= 0.3 is 5.97 Å². The van der Waals surface area contributed by atoms with E-state index >= 15 is 0 Å². The lowest BCUT2D eigenvalue weighted by Crippen LogP contribution is -2.27. The van der Waals surface area contributed by atoms with Crippen LogP contribution in [0.3, 0.4) is 0 Å². The Morgan fingerprint density at radius 1 is 1.35 bits per heavy atom. The predicted molar refractivity (Wildman–Crippen MR) is 78.1 cm³/mol. The molecule has 0 aromatic heterocycles. The first kappa shape index (κ1) is 16.3. The van der Waals surface area contributed by atoms with Gasteiger partial charge in [-0.05, 0) is 19.1 Å². The molecule has 1 aromatic carbocycles. The molecule has 0 unspecified atom stereocenters. The zero-order valence-corrected chi connectivity index (χ0v) is 12.3. The van der Waals surface area contributed by atoms with E-state index in [2.05, 4.69) is 10.0 Å². The van der Waals surface area contributed by atoms with E-state index in [1.54, 1.807) is 25.1 Å². The van der Waals surface area contributed by atoms with Crippen LogP contribution in [0.4, 0.5) is 11.4 Å². The van der Waals surface area contributed by atoms with E-state index in [-0.39, 0.29) is 24.4 Å². The molecule has 0 spiro atoms. The van der Waals surface area contributed by atoms with E-state index in [9.17, 15) is 13.2 Å². The van der Waals surface area contributed by atoms with Gasteiger partial charge in [-0.25, -0.2) is 17.9 Å². The van der Waals surface area contributed by atoms with E-state index < -0.39 is 16.0 Å². The molecule has 0 fully saturated rings. The molecule has 0 aliphatic heterocycles. The molecule has 0 amide bonds. The summed E-state index contributed by atoms with van der Waals surface area (Å²) in [5, 5.41) is 2.96. The molecule has 1 aromatic rings. The third kappa shape index (κ3) is 5.06. The zero-order chi connectivity index (χ0) is 15.2. The minimum absolute atomic E-state index is 0.224. The van der Waals surface area contributed by atoms with Crippen molar-refractivity contribution in [3.63, 3.8) is 0 Å². The van der Waals surface area contributed by atoms with Crippen LogP contribution in [0.1, 0.15) is 17.3 Å². The van der Waals surface area contributed by atoms with Crippen molar-refractivity contribution in [3.05, 3.63) is 23.8 Å². The number of sulfonamides is 1. The molecule has 20 heavy (non-hydrogen) atoms. The van der Waals surface area contributed by atoms with E-state index in [1.165, 1.54) is 0 Å². The number of esters is 1. The molecule has 0 heterocycles. The van der Waals surface area contributed by atoms with E-state index in [0.29, 0.717) is 12.2 Å². The number of carbonyl (C=O) groups is 1. The molecule has 0 aliphatic rings. The monoisotopic (exact) mass is 301 g/mol. The van der Waals surface area contributed by atoms with E-state index in [4.69, 9.17) is 10.5 Å². The molecule has 0 bridgehead atoms. The summed E-state index contributed by atoms with van der Waals surface area (Å²) in [7, 11) is -3.21. The molecule has 112 valence electrons. The van der Waals surface area contributed by atoms with Crippen LogP contribution < -0.4 is 15.8 Å². The van der Waals surface area contributed by atoms with Crippen molar-refractivity contribution in [2.24, 2.45) is 0 Å². The Hall–Kier alpha value is -1.80. The quantitative estimate of drug-likeness (QED) is 0.382. The molecule has 1 rings (SSSR count). The van der Waals surface area contributed by atoms with Crippen LogP contribution in [-0.4, -0.2) is 40.3 Å². The van der Waals surface area contributed by atoms with Gasteiger partial charge in [0.2, 0.25) is 10.0 Å². The summed E-state index contributed by atoms with van der Waals surface area (Å²) >= 11 is 0. The van der Waals surface area contributed by atoms with Gasteiger partial charge in [-0.1, -0.05) is 6.07 Å². The lowest BCUT2D eigenvalue weighted by Gasteiger charge is -2.12. The minimum Gasteiger partial charge on any atom is -0.462 e. The van der Waals surface area contributed by atoms with Crippen molar-refractivity contribution >= 4 is 27.4 Å². The molecule has 7 nitrogen and oxygen atoms in total. The summed E-state index contributed by atoms with van der Waals surface area (Å²) in [6.07, 6.45) is 1.09. The summed E-state index contributed by atoms with van der Waals surface area (Å²) in [5.74, 6) is -0.483. The lowest BCUT2D eigenvalue weighted by molar-refractivity contribution is 0.0527. The Bertz CT molecular complexity index is 572. The van der Waals surface area contributed by atoms with Gasteiger partial charge in [0.05, 0.1) is 29.8 Å². The van der Waals surface area contributed by atoms with Crippen LogP contribution in [-0.2, 0) is 14.8 Å². The average molecular weight is 301 g/mol. The van der Waals surface area contributed by atoms with Crippen LogP contribution in [0.25, 0.3) is 0 Å². The number of benzene rings is 1. The van der Waals surface area contributed by atoms with Gasteiger partial charge in [-0.3, -0.25) is 0 Å². The molecule has 0 aliphatic carbocycles. The van der Waals surface area contributed by atoms with Crippen molar-refractivity contribution in [2.75, 3.05) is 37.0 Å². The van der Waals surface area contributed by atoms with Crippen LogP contribution in [0.2, 0.25) is 0 Å². The highest BCUT2D eigenvalue weighted by atomic mass is 32.2. The highest BCUT2D eigenvalue weighted by Crippen LogP contribution is 2.23. The van der Waals surface area contributed by atoms with Crippen molar-refractivity contribution < 1.29 is 17.9 Å². The van der Waals surface area contributed by atoms with E-state index in [0.717, 1.165) is 6.26 Å². The Morgan fingerprint density at radius 3 is 2.65 bits per heavy atom. The Kier molecular flexibility index (Phi) is 5.78. The number of nitrogens with one attached hydrogen (secondary N) is 2. The highest BCUT2D eigenvalue weighted by Gasteiger charge is 2.13. The van der Waals surface area contributed by atoms with Crippen LogP contribution in [0.15, 0.2) is 18.2 Å². The Morgan fingerprint density at radius 2 is 2.05 bits per heavy atom. The topological polar surface area (TPSA) is 111 Å². The summed E-state index contributed by atoms with van der Waals surface area (Å²) in [5.41, 5.74) is 7.01. The number of anilines is 2. The molecule has 0 saturated heterocycles. The maximum Gasteiger partial charge on any atom is 0.340 e. The third-order valence-electron chi connectivity index (χ3n) is 2.41. The SMILES string of the molecule is CCOC(=O)c1cccc(NCCNS(C)(=O)=O)c1N. The summed E-state index contributed by atoms with van der Waals surface area (Å²) in [6.45, 7) is 2.56. The molecular formula is C12H19N3O4S. The van der Waals surface area contributed by atoms with Crippen molar-refractivity contribution in [1.29, 1.82) is 0 Å². The van der Waals surface area contributed by atoms with Crippen LogP contribution in [0, 0.1) is 0 Å². The second-order valence-corrected chi connectivity index (χ2v) is 5.91. The van der Waals surface area contributed by atoms with Gasteiger partial charge in [0.25, 0.3) is 0 Å². The van der Waals surface area contributed by atoms with Gasteiger partial charge in [0.15, 0.2) is 0 Å². The number of ether oxygens (including phenoxy) is 1. The fraction of sp³-hybridized carbons (Fsp3) is 0.417. The van der Waals surface area contributed by atoms with Gasteiger partial charge in [0.1, 0.15) is 0 Å². The van der Waals surface area contributed by atoms with Gasteiger partial charge < -0.3 is 15.8 Å². The largest absolute Gasteiger partial charge is 0.462 e. The van der Waals surface area contributed by atoms with Gasteiger partial charge in [-0.2, -0.15) is 0 Å². The Labute approximate surface area is 118 Å². The summed E-state index contributed by atoms with van der Waals surface area (Å²) < 4.78 is 29.0. The summed E-state index contributed by atoms with van der Waals surface area (Å²) in [4.78, 5) is 11.7. The molecule has 4 N–H and O–H groups in total. The minimum atomic E-state index is -3.21. The lowest BCUT2D eigenvalue weighted by atomic mass is 10.1. The third-order valence-corrected chi connectivity index (χ3v) is 3.13. The predicted octanol–water partition coefficient (Wildman–Crippen LogP) is 0.407. The number of hydrogen-bond acceptors (Lipinski definition) is 6. The van der Waals surface area contributed by atoms with Crippen molar-refractivity contribution in [2.45, 2.75) is 6.92 Å². The Balaban J connectivity index is 2.67. The first-order chi connectivity index (χ1) is 9.35. The highest BCUT2D eigenvalue weighted by molar-refractivity contribution is 7.88. The van der Waals surface area contributed by atoms with Gasteiger partial charge in [0, 0.05) is 13.1 Å². The van der Waals surface area contributed by atoms with Crippen LogP contribution in [0.5, 0.6) is 0 Å². The second kappa shape index (κ2) is 7.11. The maximum atomic E-state index is 11.7. The molecule has 0 atom stereocenters.